The van der Waals surface area contributed by atoms with Gasteiger partial charge in [0.1, 0.15) is 0 Å². The summed E-state index contributed by atoms with van der Waals surface area (Å²) in [4.78, 5) is 4.62. The number of hydrogen-bond donors (Lipinski definition) is 1. The second kappa shape index (κ2) is 12.1. The summed E-state index contributed by atoms with van der Waals surface area (Å²) >= 11 is 0. The smallest absolute Gasteiger partial charge is 0.0961 e. The molecule has 0 bridgehead atoms. The van der Waals surface area contributed by atoms with Crippen LogP contribution in [-0.2, 0) is 6.42 Å². The highest BCUT2D eigenvalue weighted by molar-refractivity contribution is 5.78. The Balaban J connectivity index is 0.00000176. The van der Waals surface area contributed by atoms with Crippen molar-refractivity contribution in [1.82, 2.24) is 0 Å². The van der Waals surface area contributed by atoms with Crippen molar-refractivity contribution in [3.05, 3.63) is 83.1 Å². The van der Waals surface area contributed by atoms with Crippen LogP contribution in [0.3, 0.4) is 0 Å². The average molecular weight is 365 g/mol. The van der Waals surface area contributed by atoms with E-state index in [1.807, 2.05) is 27.7 Å². The van der Waals surface area contributed by atoms with E-state index in [2.05, 4.69) is 79.5 Å². The van der Waals surface area contributed by atoms with Crippen molar-refractivity contribution in [3.63, 3.8) is 0 Å². The van der Waals surface area contributed by atoms with Crippen LogP contribution in [0.15, 0.2) is 71.4 Å². The van der Waals surface area contributed by atoms with E-state index in [9.17, 15) is 0 Å². The normalized spacial score (nSPS) is 14.1. The molecule has 0 saturated heterocycles. The molecule has 146 valence electrons. The van der Waals surface area contributed by atoms with E-state index in [1.54, 1.807) is 0 Å². The van der Waals surface area contributed by atoms with Gasteiger partial charge in [0.15, 0.2) is 0 Å². The van der Waals surface area contributed by atoms with E-state index in [0.717, 1.165) is 18.5 Å². The molecule has 0 amide bonds. The van der Waals surface area contributed by atoms with Gasteiger partial charge in [-0.3, -0.25) is 0 Å². The zero-order valence-electron chi connectivity index (χ0n) is 17.9. The summed E-state index contributed by atoms with van der Waals surface area (Å²) < 4.78 is 0. The van der Waals surface area contributed by atoms with Crippen LogP contribution in [0.5, 0.6) is 0 Å². The topological polar surface area (TPSA) is 38.4 Å². The molecule has 0 aromatic heterocycles. The van der Waals surface area contributed by atoms with Crippen LogP contribution in [-0.4, -0.2) is 5.84 Å². The third kappa shape index (κ3) is 7.05. The van der Waals surface area contributed by atoms with Gasteiger partial charge in [-0.1, -0.05) is 88.4 Å². The van der Waals surface area contributed by atoms with Crippen molar-refractivity contribution in [1.29, 1.82) is 0 Å². The first-order chi connectivity index (χ1) is 13.0. The molecule has 2 nitrogen and oxygen atoms in total. The van der Waals surface area contributed by atoms with E-state index >= 15 is 0 Å². The minimum absolute atomic E-state index is 0.240. The van der Waals surface area contributed by atoms with Gasteiger partial charge in [0.2, 0.25) is 0 Å². The standard InChI is InChI=1S/C23H30N2.C2H6/c1-5-19-12-14-21(15-13-19)22(23(6-2)25-18(4)24)16-17(3)20-10-8-7-9-11-20;1-2/h6-15,17,22H,5,16H2,1-4H3,(H2,24,25);1-2H3/b23-6-;. The lowest BCUT2D eigenvalue weighted by Crippen LogP contribution is -2.11. The Labute approximate surface area is 166 Å². The van der Waals surface area contributed by atoms with Crippen molar-refractivity contribution in [3.8, 4) is 0 Å². The van der Waals surface area contributed by atoms with Gasteiger partial charge in [0, 0.05) is 11.6 Å². The maximum atomic E-state index is 5.88. The number of hydrogen-bond acceptors (Lipinski definition) is 1. The molecule has 2 N–H and O–H groups in total. The fourth-order valence-electron chi connectivity index (χ4n) is 3.23. The highest BCUT2D eigenvalue weighted by Gasteiger charge is 2.20. The fourth-order valence-corrected chi connectivity index (χ4v) is 3.23. The van der Waals surface area contributed by atoms with Crippen LogP contribution in [0.2, 0.25) is 0 Å². The quantitative estimate of drug-likeness (QED) is 0.424. The van der Waals surface area contributed by atoms with Crippen molar-refractivity contribution in [2.45, 2.75) is 66.2 Å². The van der Waals surface area contributed by atoms with Gasteiger partial charge in [-0.2, -0.15) is 0 Å². The Bertz CT molecular complexity index is 708. The number of aliphatic imine (C=N–C) groups is 1. The van der Waals surface area contributed by atoms with E-state index in [4.69, 9.17) is 5.73 Å². The molecule has 2 atom stereocenters. The first kappa shape index (κ1) is 22.7. The molecule has 0 fully saturated rings. The van der Waals surface area contributed by atoms with Gasteiger partial charge < -0.3 is 5.73 Å². The zero-order valence-corrected chi connectivity index (χ0v) is 17.9. The molecular formula is C25H36N2. The van der Waals surface area contributed by atoms with Crippen LogP contribution in [0.1, 0.15) is 76.5 Å². The summed E-state index contributed by atoms with van der Waals surface area (Å²) in [5, 5.41) is 0. The van der Waals surface area contributed by atoms with E-state index in [-0.39, 0.29) is 5.92 Å². The molecule has 2 rings (SSSR count). The van der Waals surface area contributed by atoms with Gasteiger partial charge in [0.25, 0.3) is 0 Å². The monoisotopic (exact) mass is 364 g/mol. The Hall–Kier alpha value is -2.35. The molecule has 0 saturated carbocycles. The van der Waals surface area contributed by atoms with E-state index in [1.165, 1.54) is 16.7 Å². The lowest BCUT2D eigenvalue weighted by Gasteiger charge is -2.23. The molecule has 0 heterocycles. The third-order valence-electron chi connectivity index (χ3n) is 4.71. The first-order valence-electron chi connectivity index (χ1n) is 10.2. The van der Waals surface area contributed by atoms with Gasteiger partial charge in [0.05, 0.1) is 5.84 Å². The Morgan fingerprint density at radius 2 is 1.59 bits per heavy atom. The molecule has 27 heavy (non-hydrogen) atoms. The van der Waals surface area contributed by atoms with Crippen LogP contribution in [0, 0.1) is 0 Å². The van der Waals surface area contributed by atoms with Crippen LogP contribution in [0.25, 0.3) is 0 Å². The van der Waals surface area contributed by atoms with Gasteiger partial charge in [-0.05, 0) is 49.3 Å². The molecule has 2 aromatic rings. The SMILES string of the molecule is C/C=C(\N=C(C)N)C(CC(C)c1ccccc1)c1ccc(CC)cc1.CC. The molecule has 2 unspecified atom stereocenters. The summed E-state index contributed by atoms with van der Waals surface area (Å²) in [6.45, 7) is 12.4. The lowest BCUT2D eigenvalue weighted by atomic mass is 9.83. The highest BCUT2D eigenvalue weighted by atomic mass is 14.9. The van der Waals surface area contributed by atoms with Crippen molar-refractivity contribution in [2.75, 3.05) is 0 Å². The molecule has 0 aliphatic rings. The largest absolute Gasteiger partial charge is 0.387 e. The molecule has 0 aliphatic heterocycles. The lowest BCUT2D eigenvalue weighted by molar-refractivity contribution is 0.605. The molecular weight excluding hydrogens is 328 g/mol. The Kier molecular flexibility index (Phi) is 10.2. The summed E-state index contributed by atoms with van der Waals surface area (Å²) in [6, 6.07) is 19.6. The summed E-state index contributed by atoms with van der Waals surface area (Å²) in [5.74, 6) is 1.29. The predicted octanol–water partition coefficient (Wildman–Crippen LogP) is 6.83. The van der Waals surface area contributed by atoms with E-state index < -0.39 is 0 Å². The molecule has 0 radical (unpaired) electrons. The second-order valence-electron chi connectivity index (χ2n) is 6.66. The number of amidine groups is 1. The van der Waals surface area contributed by atoms with Crippen molar-refractivity contribution in [2.24, 2.45) is 10.7 Å². The average Bonchev–Trinajstić information content (AvgIpc) is 2.72. The van der Waals surface area contributed by atoms with Crippen LogP contribution in [0.4, 0.5) is 0 Å². The number of nitrogens with zero attached hydrogens (tertiary/aromatic N) is 1. The molecule has 2 aromatic carbocycles. The van der Waals surface area contributed by atoms with Crippen LogP contribution < -0.4 is 5.73 Å². The highest BCUT2D eigenvalue weighted by Crippen LogP contribution is 2.35. The minimum Gasteiger partial charge on any atom is -0.387 e. The Morgan fingerprint density at radius 3 is 2.07 bits per heavy atom. The van der Waals surface area contributed by atoms with Gasteiger partial charge in [-0.15, -0.1) is 0 Å². The molecule has 0 aliphatic carbocycles. The number of nitrogens with two attached hydrogens (primary N) is 1. The number of aryl methyl sites for hydroxylation is 1. The summed E-state index contributed by atoms with van der Waals surface area (Å²) in [5.41, 5.74) is 11.0. The van der Waals surface area contributed by atoms with Crippen LogP contribution >= 0.6 is 0 Å². The fraction of sp³-hybridized carbons (Fsp3) is 0.400. The zero-order chi connectivity index (χ0) is 20.2. The summed E-state index contributed by atoms with van der Waals surface area (Å²) in [7, 11) is 0. The minimum atomic E-state index is 0.240. The van der Waals surface area contributed by atoms with Crippen molar-refractivity contribution >= 4 is 5.84 Å². The van der Waals surface area contributed by atoms with Crippen molar-refractivity contribution < 1.29 is 0 Å². The molecule has 0 spiro atoms. The second-order valence-corrected chi connectivity index (χ2v) is 6.66. The third-order valence-corrected chi connectivity index (χ3v) is 4.71. The number of allylic oxidation sites excluding steroid dienone is 2. The number of benzene rings is 2. The first-order valence-corrected chi connectivity index (χ1v) is 10.2. The molecule has 2 heteroatoms. The maximum Gasteiger partial charge on any atom is 0.0961 e. The maximum absolute atomic E-state index is 5.88. The summed E-state index contributed by atoms with van der Waals surface area (Å²) in [6.07, 6.45) is 4.15. The van der Waals surface area contributed by atoms with Gasteiger partial charge in [-0.25, -0.2) is 4.99 Å². The predicted molar refractivity (Wildman–Crippen MR) is 120 cm³/mol. The number of rotatable bonds is 7. The van der Waals surface area contributed by atoms with Gasteiger partial charge >= 0.3 is 0 Å². The Morgan fingerprint density at radius 1 is 1.00 bits per heavy atom. The van der Waals surface area contributed by atoms with E-state index in [0.29, 0.717) is 11.8 Å².